The highest BCUT2D eigenvalue weighted by Crippen LogP contribution is 2.39. The molecule has 0 spiro atoms. The van der Waals surface area contributed by atoms with Crippen LogP contribution in [0.25, 0.3) is 0 Å². The third-order valence-corrected chi connectivity index (χ3v) is 14.3. The lowest BCUT2D eigenvalue weighted by atomic mass is 10.1. The number of hydrogen-bond donors (Lipinski definition) is 0. The van der Waals surface area contributed by atoms with Crippen molar-refractivity contribution in [1.82, 2.24) is 0 Å². The van der Waals surface area contributed by atoms with Gasteiger partial charge < -0.3 is 17.7 Å². The van der Waals surface area contributed by atoms with Crippen molar-refractivity contribution in [2.75, 3.05) is 26.4 Å². The first-order valence-electron chi connectivity index (χ1n) is 9.99. The molecule has 0 saturated heterocycles. The van der Waals surface area contributed by atoms with Crippen molar-refractivity contribution in [3.8, 4) is 0 Å². The Morgan fingerprint density at radius 1 is 0.583 bits per heavy atom. The SMILES string of the molecule is CCCCCCCC([Si](C)(OCC)OCC)[Si](C)(OCC)OCC. The maximum atomic E-state index is 6.24. The van der Waals surface area contributed by atoms with Gasteiger partial charge in [-0.15, -0.1) is 0 Å². The van der Waals surface area contributed by atoms with E-state index in [2.05, 4.69) is 47.7 Å². The van der Waals surface area contributed by atoms with Crippen LogP contribution in [-0.2, 0) is 17.7 Å². The zero-order valence-corrected chi connectivity index (χ0v) is 19.3. The van der Waals surface area contributed by atoms with Crippen LogP contribution in [0.15, 0.2) is 0 Å². The van der Waals surface area contributed by atoms with E-state index in [1.54, 1.807) is 0 Å². The van der Waals surface area contributed by atoms with Crippen molar-refractivity contribution in [2.24, 2.45) is 0 Å². The van der Waals surface area contributed by atoms with Gasteiger partial charge in [-0.2, -0.15) is 0 Å². The van der Waals surface area contributed by atoms with E-state index in [1.807, 2.05) is 0 Å². The minimum Gasteiger partial charge on any atom is -0.395 e. The van der Waals surface area contributed by atoms with Gasteiger partial charge in [0.25, 0.3) is 0 Å². The Balaban J connectivity index is 5.28. The zero-order chi connectivity index (χ0) is 18.5. The van der Waals surface area contributed by atoms with Crippen LogP contribution in [0, 0.1) is 0 Å². The molecule has 24 heavy (non-hydrogen) atoms. The average Bonchev–Trinajstić information content (AvgIpc) is 2.51. The summed E-state index contributed by atoms with van der Waals surface area (Å²) in [6, 6.07) is 0. The van der Waals surface area contributed by atoms with Gasteiger partial charge in [0, 0.05) is 31.6 Å². The molecule has 0 atom stereocenters. The molecule has 0 radical (unpaired) electrons. The Kier molecular flexibility index (Phi) is 13.6. The molecule has 4 nitrogen and oxygen atoms in total. The van der Waals surface area contributed by atoms with Crippen molar-refractivity contribution in [3.05, 3.63) is 0 Å². The van der Waals surface area contributed by atoms with Gasteiger partial charge in [-0.25, -0.2) is 0 Å². The molecule has 0 aromatic heterocycles. The molecule has 0 N–H and O–H groups in total. The Morgan fingerprint density at radius 3 is 1.29 bits per heavy atom. The van der Waals surface area contributed by atoms with Crippen LogP contribution >= 0.6 is 0 Å². The predicted octanol–water partition coefficient (Wildman–Crippen LogP) is 5.55. The minimum atomic E-state index is -2.35. The van der Waals surface area contributed by atoms with Gasteiger partial charge in [-0.1, -0.05) is 39.0 Å². The van der Waals surface area contributed by atoms with E-state index in [1.165, 1.54) is 32.1 Å². The average molecular weight is 379 g/mol. The van der Waals surface area contributed by atoms with Gasteiger partial charge in [0.2, 0.25) is 0 Å². The van der Waals surface area contributed by atoms with E-state index in [9.17, 15) is 0 Å². The summed E-state index contributed by atoms with van der Waals surface area (Å²) in [5.41, 5.74) is 0. The fraction of sp³-hybridized carbons (Fsp3) is 1.00. The summed E-state index contributed by atoms with van der Waals surface area (Å²) < 4.78 is 25.0. The van der Waals surface area contributed by atoms with E-state index in [4.69, 9.17) is 17.7 Å². The first-order chi connectivity index (χ1) is 11.4. The van der Waals surface area contributed by atoms with Gasteiger partial charge in [0.15, 0.2) is 0 Å². The van der Waals surface area contributed by atoms with Crippen LogP contribution in [0.4, 0.5) is 0 Å². The molecule has 0 aliphatic heterocycles. The largest absolute Gasteiger partial charge is 0.395 e. The van der Waals surface area contributed by atoms with Crippen molar-refractivity contribution in [1.29, 1.82) is 0 Å². The van der Waals surface area contributed by atoms with Gasteiger partial charge in [-0.05, 0) is 47.2 Å². The van der Waals surface area contributed by atoms with Crippen LogP contribution in [0.5, 0.6) is 0 Å². The van der Waals surface area contributed by atoms with Gasteiger partial charge >= 0.3 is 17.1 Å². The van der Waals surface area contributed by atoms with Crippen molar-refractivity contribution in [2.45, 2.75) is 91.4 Å². The normalized spacial score (nSPS) is 13.0. The number of hydrogen-bond acceptors (Lipinski definition) is 4. The van der Waals surface area contributed by atoms with E-state index >= 15 is 0 Å². The molecule has 0 aliphatic rings. The Bertz CT molecular complexity index is 269. The molecule has 6 heteroatoms. The lowest BCUT2D eigenvalue weighted by molar-refractivity contribution is 0.152. The smallest absolute Gasteiger partial charge is 0.340 e. The van der Waals surface area contributed by atoms with Crippen molar-refractivity contribution < 1.29 is 17.7 Å². The third kappa shape index (κ3) is 8.10. The van der Waals surface area contributed by atoms with Crippen LogP contribution in [-0.4, -0.2) is 43.5 Å². The second-order valence-corrected chi connectivity index (χ2v) is 13.7. The summed E-state index contributed by atoms with van der Waals surface area (Å²) in [7, 11) is -4.69. The zero-order valence-electron chi connectivity index (χ0n) is 17.3. The molecule has 0 bridgehead atoms. The van der Waals surface area contributed by atoms with Crippen LogP contribution in [0.3, 0.4) is 0 Å². The molecular formula is C18H42O4Si2. The quantitative estimate of drug-likeness (QED) is 0.261. The standard InChI is InChI=1S/C18H42O4Si2/c1-8-13-14-15-16-17-18(23(6,19-9-2)20-10-3)24(7,21-11-4)22-12-5/h18H,8-17H2,1-7H3. The van der Waals surface area contributed by atoms with Gasteiger partial charge in [-0.3, -0.25) is 0 Å². The minimum absolute atomic E-state index is 0.298. The Morgan fingerprint density at radius 2 is 0.958 bits per heavy atom. The fourth-order valence-corrected chi connectivity index (χ4v) is 13.1. The predicted molar refractivity (Wildman–Crippen MR) is 107 cm³/mol. The molecule has 0 rings (SSSR count). The molecule has 0 aliphatic carbocycles. The van der Waals surface area contributed by atoms with E-state index in [-0.39, 0.29) is 0 Å². The summed E-state index contributed by atoms with van der Waals surface area (Å²) in [5, 5.41) is 0.298. The summed E-state index contributed by atoms with van der Waals surface area (Å²) >= 11 is 0. The molecule has 0 aromatic carbocycles. The first kappa shape index (κ1) is 24.3. The summed E-state index contributed by atoms with van der Waals surface area (Å²) in [5.74, 6) is 0. The highest BCUT2D eigenvalue weighted by Gasteiger charge is 2.55. The van der Waals surface area contributed by atoms with Crippen LogP contribution < -0.4 is 0 Å². The lowest BCUT2D eigenvalue weighted by Crippen LogP contribution is -2.58. The summed E-state index contributed by atoms with van der Waals surface area (Å²) in [4.78, 5) is 0. The fourth-order valence-electron chi connectivity index (χ4n) is 3.58. The van der Waals surface area contributed by atoms with Crippen LogP contribution in [0.1, 0.15) is 73.1 Å². The van der Waals surface area contributed by atoms with Gasteiger partial charge in [0.05, 0.1) is 0 Å². The Labute approximate surface area is 153 Å². The van der Waals surface area contributed by atoms with E-state index < -0.39 is 17.1 Å². The molecular weight excluding hydrogens is 336 g/mol. The highest BCUT2D eigenvalue weighted by atomic mass is 28.4. The molecule has 0 aromatic rings. The lowest BCUT2D eigenvalue weighted by Gasteiger charge is -2.42. The van der Waals surface area contributed by atoms with E-state index in [0.29, 0.717) is 31.6 Å². The number of unbranched alkanes of at least 4 members (excludes halogenated alkanes) is 4. The van der Waals surface area contributed by atoms with E-state index in [0.717, 1.165) is 6.42 Å². The third-order valence-electron chi connectivity index (χ3n) is 4.59. The monoisotopic (exact) mass is 378 g/mol. The molecule has 0 saturated carbocycles. The van der Waals surface area contributed by atoms with Gasteiger partial charge in [0.1, 0.15) is 0 Å². The molecule has 0 fully saturated rings. The maximum absolute atomic E-state index is 6.24. The van der Waals surface area contributed by atoms with Crippen LogP contribution in [0.2, 0.25) is 18.3 Å². The first-order valence-corrected chi connectivity index (χ1v) is 14.8. The molecule has 0 heterocycles. The Hall–Kier alpha value is 0.274. The number of rotatable bonds is 16. The second-order valence-electron chi connectivity index (χ2n) is 6.52. The second kappa shape index (κ2) is 13.5. The highest BCUT2D eigenvalue weighted by molar-refractivity contribution is 6.87. The summed E-state index contributed by atoms with van der Waals surface area (Å²) in [6.45, 7) is 17.7. The maximum Gasteiger partial charge on any atom is 0.340 e. The topological polar surface area (TPSA) is 36.9 Å². The summed E-state index contributed by atoms with van der Waals surface area (Å²) in [6.07, 6.45) is 7.48. The van der Waals surface area contributed by atoms with Crippen molar-refractivity contribution >= 4 is 17.1 Å². The van der Waals surface area contributed by atoms with Crippen molar-refractivity contribution in [3.63, 3.8) is 0 Å². The molecule has 0 unspecified atom stereocenters. The molecule has 146 valence electrons. The molecule has 0 amide bonds.